The van der Waals surface area contributed by atoms with E-state index < -0.39 is 8.25 Å². The highest BCUT2D eigenvalue weighted by Gasteiger charge is 2.02. The molecule has 82 valence electrons. The highest BCUT2D eigenvalue weighted by Crippen LogP contribution is 2.09. The first kappa shape index (κ1) is 13.7. The Bertz CT molecular complexity index is 315. The maximum absolute atomic E-state index is 10.4. The van der Waals surface area contributed by atoms with Gasteiger partial charge in [0.05, 0.1) is 13.5 Å². The summed E-state index contributed by atoms with van der Waals surface area (Å²) in [6.07, 6.45) is 0.334. The second-order valence-corrected chi connectivity index (χ2v) is 3.39. The maximum Gasteiger partial charge on any atom is 0.694 e. The molecule has 0 saturated carbocycles. The molecule has 1 amide bonds. The molecule has 0 spiro atoms. The quantitative estimate of drug-likeness (QED) is 0.758. The van der Waals surface area contributed by atoms with Crippen molar-refractivity contribution in [3.8, 4) is 0 Å². The Hall–Kier alpha value is -1.29. The van der Waals surface area contributed by atoms with Gasteiger partial charge in [-0.05, 0) is 5.56 Å². The Balaban J connectivity index is 0.000000336. The van der Waals surface area contributed by atoms with Gasteiger partial charge in [0.15, 0.2) is 0 Å². The van der Waals surface area contributed by atoms with Crippen LogP contribution in [-0.2, 0) is 20.3 Å². The molecule has 1 aromatic rings. The fraction of sp³-hybridized carbons (Fsp3) is 0.222. The smallest absolute Gasteiger partial charge is 0.369 e. The van der Waals surface area contributed by atoms with Crippen LogP contribution in [0.5, 0.6) is 0 Å². The number of hydrogen-bond acceptors (Lipinski definition) is 3. The Kier molecular flexibility index (Phi) is 7.36. The first-order valence-electron chi connectivity index (χ1n) is 4.08. The lowest BCUT2D eigenvalue weighted by Crippen LogP contribution is -2.13. The summed E-state index contributed by atoms with van der Waals surface area (Å²) < 4.78 is 13.1. The summed E-state index contributed by atoms with van der Waals surface area (Å²) >= 11 is 0. The van der Waals surface area contributed by atoms with Gasteiger partial charge in [-0.1, -0.05) is 30.3 Å². The van der Waals surface area contributed by atoms with Gasteiger partial charge in [0.1, 0.15) is 0 Å². The van der Waals surface area contributed by atoms with Crippen molar-refractivity contribution in [2.75, 3.05) is 7.11 Å². The summed E-state index contributed by atoms with van der Waals surface area (Å²) in [6, 6.07) is 9.44. The minimum absolute atomic E-state index is 0.286. The van der Waals surface area contributed by atoms with Crippen LogP contribution >= 0.6 is 8.25 Å². The van der Waals surface area contributed by atoms with E-state index in [4.69, 9.17) is 10.6 Å². The molecule has 0 aliphatic rings. The van der Waals surface area contributed by atoms with Crippen LogP contribution < -0.4 is 5.73 Å². The van der Waals surface area contributed by atoms with Gasteiger partial charge in [0.25, 0.3) is 0 Å². The van der Waals surface area contributed by atoms with Crippen LogP contribution in [0.1, 0.15) is 5.56 Å². The monoisotopic (exact) mass is 230 g/mol. The molecule has 1 atom stereocenters. The fourth-order valence-electron chi connectivity index (χ4n) is 0.797. The molecule has 3 N–H and O–H groups in total. The zero-order valence-electron chi connectivity index (χ0n) is 8.29. The summed E-state index contributed by atoms with van der Waals surface area (Å²) in [4.78, 5) is 18.0. The summed E-state index contributed by atoms with van der Waals surface area (Å²) in [7, 11) is -1.18. The van der Waals surface area contributed by atoms with E-state index in [-0.39, 0.29) is 5.91 Å². The number of carbonyl (C=O) groups is 1. The molecule has 6 heteroatoms. The summed E-state index contributed by atoms with van der Waals surface area (Å²) in [6.45, 7) is 0. The molecule has 0 aromatic heterocycles. The van der Waals surface area contributed by atoms with E-state index in [9.17, 15) is 9.36 Å². The minimum atomic E-state index is -2.35. The van der Waals surface area contributed by atoms with E-state index in [0.29, 0.717) is 6.42 Å². The number of rotatable bonds is 3. The molecule has 15 heavy (non-hydrogen) atoms. The lowest BCUT2D eigenvalue weighted by atomic mass is 10.1. The third kappa shape index (κ3) is 9.02. The van der Waals surface area contributed by atoms with Crippen LogP contribution in [0.3, 0.4) is 0 Å². The first-order valence-corrected chi connectivity index (χ1v) is 5.21. The molecule has 0 aliphatic carbocycles. The molecule has 1 aromatic carbocycles. The van der Waals surface area contributed by atoms with Crippen molar-refractivity contribution in [1.82, 2.24) is 0 Å². The highest BCUT2D eigenvalue weighted by molar-refractivity contribution is 7.32. The van der Waals surface area contributed by atoms with Gasteiger partial charge in [-0.25, -0.2) is 0 Å². The van der Waals surface area contributed by atoms with Gasteiger partial charge in [-0.15, -0.1) is 9.42 Å². The van der Waals surface area contributed by atoms with Crippen molar-refractivity contribution < 1.29 is 18.8 Å². The molecular formula is C9H13NO4P+. The normalized spacial score (nSPS) is 9.87. The Morgan fingerprint density at radius 1 is 1.47 bits per heavy atom. The second kappa shape index (κ2) is 8.05. The molecule has 0 saturated heterocycles. The third-order valence-corrected chi connectivity index (χ3v) is 1.69. The number of hydrogen-bond donors (Lipinski definition) is 2. The van der Waals surface area contributed by atoms with Gasteiger partial charge in [0.2, 0.25) is 5.91 Å². The Morgan fingerprint density at radius 2 is 1.93 bits per heavy atom. The van der Waals surface area contributed by atoms with E-state index in [1.165, 1.54) is 7.11 Å². The molecule has 0 heterocycles. The van der Waals surface area contributed by atoms with Crippen molar-refractivity contribution in [2.45, 2.75) is 6.42 Å². The van der Waals surface area contributed by atoms with Crippen LogP contribution in [0.15, 0.2) is 30.3 Å². The van der Waals surface area contributed by atoms with Crippen molar-refractivity contribution in [1.29, 1.82) is 0 Å². The summed E-state index contributed by atoms with van der Waals surface area (Å²) in [5.41, 5.74) is 5.95. The molecule has 0 bridgehead atoms. The molecule has 5 nitrogen and oxygen atoms in total. The van der Waals surface area contributed by atoms with Crippen LogP contribution in [0.2, 0.25) is 0 Å². The minimum Gasteiger partial charge on any atom is -0.369 e. The van der Waals surface area contributed by atoms with Gasteiger partial charge >= 0.3 is 8.25 Å². The van der Waals surface area contributed by atoms with E-state index >= 15 is 0 Å². The summed E-state index contributed by atoms with van der Waals surface area (Å²) in [5, 5.41) is 0. The molecule has 0 aliphatic heterocycles. The molecule has 1 rings (SSSR count). The lowest BCUT2D eigenvalue weighted by Gasteiger charge is -1.93. The van der Waals surface area contributed by atoms with E-state index in [2.05, 4.69) is 4.52 Å². The van der Waals surface area contributed by atoms with E-state index in [1.54, 1.807) is 0 Å². The van der Waals surface area contributed by atoms with E-state index in [1.807, 2.05) is 30.3 Å². The standard InChI is InChI=1S/C8H9NO.CH3O3P/c9-8(10)6-7-4-2-1-3-5-7;1-4-5(2)3/h1-5H,6H2,(H2,9,10);1H3/p+1. The predicted octanol–water partition coefficient (Wildman–Crippen LogP) is 0.997. The second-order valence-electron chi connectivity index (χ2n) is 2.55. The SMILES string of the molecule is CO[P+](=O)O.NC(=O)Cc1ccccc1. The van der Waals surface area contributed by atoms with Gasteiger partial charge in [0, 0.05) is 4.57 Å². The molecule has 1 unspecified atom stereocenters. The number of carbonyl (C=O) groups excluding carboxylic acids is 1. The fourth-order valence-corrected chi connectivity index (χ4v) is 0.797. The molecular weight excluding hydrogens is 217 g/mol. The largest absolute Gasteiger partial charge is 0.694 e. The molecule has 0 fully saturated rings. The van der Waals surface area contributed by atoms with Gasteiger partial charge < -0.3 is 5.73 Å². The zero-order valence-corrected chi connectivity index (χ0v) is 9.18. The zero-order chi connectivity index (χ0) is 11.7. The van der Waals surface area contributed by atoms with Crippen LogP contribution in [0.4, 0.5) is 0 Å². The number of amides is 1. The van der Waals surface area contributed by atoms with Crippen molar-refractivity contribution in [3.05, 3.63) is 35.9 Å². The predicted molar refractivity (Wildman–Crippen MR) is 56.2 cm³/mol. The average molecular weight is 230 g/mol. The number of primary amides is 1. The van der Waals surface area contributed by atoms with Crippen LogP contribution in [0.25, 0.3) is 0 Å². The Morgan fingerprint density at radius 3 is 2.27 bits per heavy atom. The first-order chi connectivity index (χ1) is 7.06. The van der Waals surface area contributed by atoms with Crippen molar-refractivity contribution in [3.63, 3.8) is 0 Å². The van der Waals surface area contributed by atoms with Gasteiger partial charge in [-0.2, -0.15) is 0 Å². The Labute approximate surface area is 88.8 Å². The van der Waals surface area contributed by atoms with Crippen LogP contribution in [-0.4, -0.2) is 17.9 Å². The third-order valence-electron chi connectivity index (χ3n) is 1.38. The highest BCUT2D eigenvalue weighted by atomic mass is 31.1. The van der Waals surface area contributed by atoms with E-state index in [0.717, 1.165) is 5.56 Å². The van der Waals surface area contributed by atoms with Crippen molar-refractivity contribution >= 4 is 14.2 Å². The van der Waals surface area contributed by atoms with Crippen molar-refractivity contribution in [2.24, 2.45) is 5.73 Å². The van der Waals surface area contributed by atoms with Gasteiger partial charge in [-0.3, -0.25) is 4.79 Å². The lowest BCUT2D eigenvalue weighted by molar-refractivity contribution is -0.117. The topological polar surface area (TPSA) is 89.6 Å². The maximum atomic E-state index is 10.4. The molecule has 0 radical (unpaired) electrons. The average Bonchev–Trinajstić information content (AvgIpc) is 2.19. The van der Waals surface area contributed by atoms with Crippen LogP contribution in [0, 0.1) is 0 Å². The number of nitrogens with two attached hydrogens (primary N) is 1. The number of benzene rings is 1. The summed E-state index contributed by atoms with van der Waals surface area (Å²) in [5.74, 6) is -0.286.